The molecule has 6 heteroatoms. The van der Waals surface area contributed by atoms with E-state index in [1.54, 1.807) is 30.0 Å². The van der Waals surface area contributed by atoms with Gasteiger partial charge in [0.15, 0.2) is 5.78 Å². The summed E-state index contributed by atoms with van der Waals surface area (Å²) in [6, 6.07) is 12.6. The number of rotatable bonds is 5. The standard InChI is InChI=1S/C16H15N3O3/c1-21-11-7-8-12(16(9-11)22-2)15(20)10-19-14-6-4-3-5-13(14)17-18-19/h3-9H,10H2,1-2H3. The van der Waals surface area contributed by atoms with Gasteiger partial charge in [0.05, 0.1) is 25.3 Å². The van der Waals surface area contributed by atoms with Crippen LogP contribution in [0.3, 0.4) is 0 Å². The molecule has 3 rings (SSSR count). The van der Waals surface area contributed by atoms with Gasteiger partial charge in [-0.1, -0.05) is 17.3 Å². The van der Waals surface area contributed by atoms with E-state index in [1.807, 2.05) is 24.3 Å². The highest BCUT2D eigenvalue weighted by atomic mass is 16.5. The van der Waals surface area contributed by atoms with Crippen molar-refractivity contribution in [3.63, 3.8) is 0 Å². The molecule has 22 heavy (non-hydrogen) atoms. The Kier molecular flexibility index (Phi) is 3.74. The molecule has 0 bridgehead atoms. The fraction of sp³-hybridized carbons (Fsp3) is 0.188. The molecule has 0 amide bonds. The molecular formula is C16H15N3O3. The summed E-state index contributed by atoms with van der Waals surface area (Å²) in [5.74, 6) is 1.02. The molecule has 3 aromatic rings. The van der Waals surface area contributed by atoms with Crippen LogP contribution in [0.4, 0.5) is 0 Å². The van der Waals surface area contributed by atoms with E-state index in [4.69, 9.17) is 9.47 Å². The van der Waals surface area contributed by atoms with E-state index in [2.05, 4.69) is 10.3 Å². The molecule has 0 saturated heterocycles. The summed E-state index contributed by atoms with van der Waals surface area (Å²) < 4.78 is 12.0. The van der Waals surface area contributed by atoms with E-state index in [-0.39, 0.29) is 12.3 Å². The Morgan fingerprint density at radius 3 is 2.73 bits per heavy atom. The minimum atomic E-state index is -0.102. The maximum atomic E-state index is 12.5. The van der Waals surface area contributed by atoms with E-state index in [0.29, 0.717) is 17.1 Å². The van der Waals surface area contributed by atoms with Crippen LogP contribution in [0.1, 0.15) is 10.4 Å². The topological polar surface area (TPSA) is 66.2 Å². The lowest BCUT2D eigenvalue weighted by Crippen LogP contribution is -2.13. The third kappa shape index (κ3) is 2.50. The van der Waals surface area contributed by atoms with E-state index in [0.717, 1.165) is 11.0 Å². The van der Waals surface area contributed by atoms with Crippen LogP contribution < -0.4 is 9.47 Å². The van der Waals surface area contributed by atoms with Crippen LogP contribution in [0.2, 0.25) is 0 Å². The smallest absolute Gasteiger partial charge is 0.188 e. The van der Waals surface area contributed by atoms with Crippen LogP contribution in [0.5, 0.6) is 11.5 Å². The average molecular weight is 297 g/mol. The minimum Gasteiger partial charge on any atom is -0.497 e. The van der Waals surface area contributed by atoms with E-state index in [1.165, 1.54) is 7.11 Å². The summed E-state index contributed by atoms with van der Waals surface area (Å²) in [4.78, 5) is 12.5. The second kappa shape index (κ2) is 5.85. The van der Waals surface area contributed by atoms with Gasteiger partial charge < -0.3 is 9.47 Å². The summed E-state index contributed by atoms with van der Waals surface area (Å²) >= 11 is 0. The zero-order chi connectivity index (χ0) is 15.5. The van der Waals surface area contributed by atoms with Crippen LogP contribution in [-0.4, -0.2) is 35.0 Å². The molecule has 0 atom stereocenters. The van der Waals surface area contributed by atoms with Gasteiger partial charge in [-0.25, -0.2) is 4.68 Å². The average Bonchev–Trinajstić information content (AvgIpc) is 2.97. The monoisotopic (exact) mass is 297 g/mol. The Morgan fingerprint density at radius 2 is 1.95 bits per heavy atom. The van der Waals surface area contributed by atoms with Crippen molar-refractivity contribution in [3.8, 4) is 11.5 Å². The number of carbonyl (C=O) groups is 1. The molecule has 0 saturated carbocycles. The Labute approximate surface area is 127 Å². The van der Waals surface area contributed by atoms with Gasteiger partial charge in [-0.05, 0) is 24.3 Å². The van der Waals surface area contributed by atoms with Gasteiger partial charge in [0, 0.05) is 6.07 Å². The number of fused-ring (bicyclic) bond motifs is 1. The van der Waals surface area contributed by atoms with E-state index < -0.39 is 0 Å². The molecule has 6 nitrogen and oxygen atoms in total. The molecule has 0 radical (unpaired) electrons. The number of methoxy groups -OCH3 is 2. The number of nitrogens with zero attached hydrogens (tertiary/aromatic N) is 3. The Balaban J connectivity index is 1.91. The molecule has 0 spiro atoms. The number of benzene rings is 2. The van der Waals surface area contributed by atoms with Crippen LogP contribution >= 0.6 is 0 Å². The molecule has 0 aliphatic rings. The van der Waals surface area contributed by atoms with Gasteiger partial charge >= 0.3 is 0 Å². The summed E-state index contributed by atoms with van der Waals surface area (Å²) in [6.07, 6.45) is 0. The first-order chi connectivity index (χ1) is 10.7. The van der Waals surface area contributed by atoms with Crippen molar-refractivity contribution in [2.24, 2.45) is 0 Å². The zero-order valence-corrected chi connectivity index (χ0v) is 12.3. The van der Waals surface area contributed by atoms with Crippen molar-refractivity contribution < 1.29 is 14.3 Å². The Bertz CT molecular complexity index is 826. The molecule has 0 N–H and O–H groups in total. The number of hydrogen-bond acceptors (Lipinski definition) is 5. The van der Waals surface area contributed by atoms with Gasteiger partial charge in [0.1, 0.15) is 23.6 Å². The predicted octanol–water partition coefficient (Wildman–Crippen LogP) is 2.33. The third-order valence-electron chi connectivity index (χ3n) is 3.42. The quantitative estimate of drug-likeness (QED) is 0.676. The fourth-order valence-electron chi connectivity index (χ4n) is 2.28. The van der Waals surface area contributed by atoms with Crippen molar-refractivity contribution in [3.05, 3.63) is 48.0 Å². The minimum absolute atomic E-state index is 0.100. The predicted molar refractivity (Wildman–Crippen MR) is 81.4 cm³/mol. The van der Waals surface area contributed by atoms with Crippen molar-refractivity contribution in [1.29, 1.82) is 0 Å². The largest absolute Gasteiger partial charge is 0.497 e. The van der Waals surface area contributed by atoms with Gasteiger partial charge in [-0.15, -0.1) is 5.10 Å². The lowest BCUT2D eigenvalue weighted by molar-refractivity contribution is 0.0965. The SMILES string of the molecule is COc1ccc(C(=O)Cn2nnc3ccccc32)c(OC)c1. The van der Waals surface area contributed by atoms with Crippen LogP contribution in [0.15, 0.2) is 42.5 Å². The van der Waals surface area contributed by atoms with Gasteiger partial charge in [0.2, 0.25) is 0 Å². The summed E-state index contributed by atoms with van der Waals surface area (Å²) in [5.41, 5.74) is 2.07. The van der Waals surface area contributed by atoms with E-state index in [9.17, 15) is 4.79 Å². The second-order valence-corrected chi connectivity index (χ2v) is 4.73. The summed E-state index contributed by atoms with van der Waals surface area (Å²) in [7, 11) is 3.09. The molecule has 0 unspecified atom stereocenters. The van der Waals surface area contributed by atoms with Crippen LogP contribution in [-0.2, 0) is 6.54 Å². The molecule has 1 aromatic heterocycles. The zero-order valence-electron chi connectivity index (χ0n) is 12.3. The van der Waals surface area contributed by atoms with Crippen molar-refractivity contribution in [2.75, 3.05) is 14.2 Å². The number of carbonyl (C=O) groups excluding carboxylic acids is 1. The van der Waals surface area contributed by atoms with Crippen molar-refractivity contribution >= 4 is 16.8 Å². The van der Waals surface area contributed by atoms with Gasteiger partial charge in [-0.3, -0.25) is 4.79 Å². The number of Topliss-reactive ketones (excluding diaryl/α,β-unsaturated/α-hetero) is 1. The highest BCUT2D eigenvalue weighted by Crippen LogP contribution is 2.25. The van der Waals surface area contributed by atoms with Crippen molar-refractivity contribution in [2.45, 2.75) is 6.54 Å². The molecule has 112 valence electrons. The first-order valence-corrected chi connectivity index (χ1v) is 6.76. The third-order valence-corrected chi connectivity index (χ3v) is 3.42. The maximum Gasteiger partial charge on any atom is 0.188 e. The van der Waals surface area contributed by atoms with E-state index >= 15 is 0 Å². The number of para-hydroxylation sites is 1. The van der Waals surface area contributed by atoms with Crippen LogP contribution in [0.25, 0.3) is 11.0 Å². The lowest BCUT2D eigenvalue weighted by atomic mass is 10.1. The Hall–Kier alpha value is -2.89. The molecule has 1 heterocycles. The highest BCUT2D eigenvalue weighted by Gasteiger charge is 2.15. The molecule has 0 aliphatic carbocycles. The number of ether oxygens (including phenoxy) is 2. The first-order valence-electron chi connectivity index (χ1n) is 6.76. The van der Waals surface area contributed by atoms with Gasteiger partial charge in [-0.2, -0.15) is 0 Å². The summed E-state index contributed by atoms with van der Waals surface area (Å²) in [5, 5.41) is 8.08. The molecule has 0 fully saturated rings. The number of aromatic nitrogens is 3. The summed E-state index contributed by atoms with van der Waals surface area (Å²) in [6.45, 7) is 0.100. The number of ketones is 1. The maximum absolute atomic E-state index is 12.5. The fourth-order valence-corrected chi connectivity index (χ4v) is 2.28. The van der Waals surface area contributed by atoms with Crippen molar-refractivity contribution in [1.82, 2.24) is 15.0 Å². The highest BCUT2D eigenvalue weighted by molar-refractivity contribution is 5.99. The molecular weight excluding hydrogens is 282 g/mol. The molecule has 0 aliphatic heterocycles. The molecule has 2 aromatic carbocycles. The lowest BCUT2D eigenvalue weighted by Gasteiger charge is -2.09. The van der Waals surface area contributed by atoms with Crippen LogP contribution in [0, 0.1) is 0 Å². The van der Waals surface area contributed by atoms with Gasteiger partial charge in [0.25, 0.3) is 0 Å². The number of hydrogen-bond donors (Lipinski definition) is 0. The normalized spacial score (nSPS) is 10.6. The second-order valence-electron chi connectivity index (χ2n) is 4.73. The first kappa shape index (κ1) is 14.1. The Morgan fingerprint density at radius 1 is 1.14 bits per heavy atom.